The number of hydrogen-bond acceptors (Lipinski definition) is 6. The summed E-state index contributed by atoms with van der Waals surface area (Å²) in [5.74, 6) is -0.942. The first-order chi connectivity index (χ1) is 13.2. The third-order valence-corrected chi connectivity index (χ3v) is 4.87. The molecule has 0 bridgehead atoms. The van der Waals surface area contributed by atoms with Gasteiger partial charge in [0.1, 0.15) is 5.75 Å². The first-order valence-electron chi connectivity index (χ1n) is 7.83. The van der Waals surface area contributed by atoms with Crippen molar-refractivity contribution in [2.24, 2.45) is 7.05 Å². The van der Waals surface area contributed by atoms with Crippen LogP contribution in [0.15, 0.2) is 36.4 Å². The van der Waals surface area contributed by atoms with E-state index in [4.69, 9.17) is 5.11 Å². The maximum atomic E-state index is 12.4. The number of halogens is 3. The molecule has 0 spiro atoms. The molecule has 4 aromatic rings. The summed E-state index contributed by atoms with van der Waals surface area (Å²) in [5.41, 5.74) is 1.86. The molecule has 0 fully saturated rings. The highest BCUT2D eigenvalue weighted by Crippen LogP contribution is 2.33. The molecule has 0 amide bonds. The van der Waals surface area contributed by atoms with Gasteiger partial charge in [0.05, 0.1) is 26.8 Å². The Kier molecular flexibility index (Phi) is 4.11. The van der Waals surface area contributed by atoms with Gasteiger partial charge in [-0.2, -0.15) is 0 Å². The Balaban J connectivity index is 1.66. The lowest BCUT2D eigenvalue weighted by Crippen LogP contribution is -2.16. The average molecular weight is 408 g/mol. The Morgan fingerprint density at radius 1 is 1.18 bits per heavy atom. The minimum atomic E-state index is -4.76. The Hall–Kier alpha value is -3.34. The molecule has 0 aliphatic rings. The van der Waals surface area contributed by atoms with Gasteiger partial charge in [-0.15, -0.1) is 13.2 Å². The number of aromatic nitrogens is 3. The molecular formula is C17H11F3N4O3S. The number of thiazole rings is 1. The molecule has 2 aromatic heterocycles. The van der Waals surface area contributed by atoms with Crippen LogP contribution in [0, 0.1) is 0 Å². The first-order valence-corrected chi connectivity index (χ1v) is 8.64. The number of imidazole rings is 1. The zero-order chi connectivity index (χ0) is 20.1. The van der Waals surface area contributed by atoms with Gasteiger partial charge in [0, 0.05) is 13.1 Å². The maximum absolute atomic E-state index is 12.4. The van der Waals surface area contributed by atoms with Crippen molar-refractivity contribution in [3.63, 3.8) is 0 Å². The van der Waals surface area contributed by atoms with Gasteiger partial charge in [0.15, 0.2) is 5.13 Å². The van der Waals surface area contributed by atoms with Crippen molar-refractivity contribution in [2.45, 2.75) is 6.36 Å². The second-order valence-electron chi connectivity index (χ2n) is 5.82. The van der Waals surface area contributed by atoms with Crippen LogP contribution in [0.1, 0.15) is 10.4 Å². The van der Waals surface area contributed by atoms with E-state index in [1.54, 1.807) is 17.7 Å². The van der Waals surface area contributed by atoms with E-state index in [1.165, 1.54) is 30.3 Å². The van der Waals surface area contributed by atoms with Crippen LogP contribution >= 0.6 is 11.3 Å². The van der Waals surface area contributed by atoms with Gasteiger partial charge >= 0.3 is 12.3 Å². The molecule has 2 heterocycles. The molecule has 0 atom stereocenters. The van der Waals surface area contributed by atoms with E-state index in [9.17, 15) is 18.0 Å². The summed E-state index contributed by atoms with van der Waals surface area (Å²) in [6.07, 6.45) is -4.76. The van der Waals surface area contributed by atoms with Crippen LogP contribution in [-0.2, 0) is 7.05 Å². The maximum Gasteiger partial charge on any atom is 0.573 e. The zero-order valence-electron chi connectivity index (χ0n) is 14.1. The number of benzene rings is 2. The van der Waals surface area contributed by atoms with E-state index in [-0.39, 0.29) is 11.3 Å². The van der Waals surface area contributed by atoms with Crippen molar-refractivity contribution in [3.05, 3.63) is 42.0 Å². The van der Waals surface area contributed by atoms with E-state index in [0.717, 1.165) is 11.3 Å². The van der Waals surface area contributed by atoms with Crippen LogP contribution in [0.3, 0.4) is 0 Å². The van der Waals surface area contributed by atoms with Crippen LogP contribution in [0.4, 0.5) is 24.3 Å². The predicted octanol–water partition coefficient (Wildman–Crippen LogP) is 4.52. The lowest BCUT2D eigenvalue weighted by molar-refractivity contribution is -0.274. The lowest BCUT2D eigenvalue weighted by atomic mass is 10.2. The molecule has 11 heteroatoms. The van der Waals surface area contributed by atoms with Crippen molar-refractivity contribution in [1.29, 1.82) is 0 Å². The molecule has 28 heavy (non-hydrogen) atoms. The summed E-state index contributed by atoms with van der Waals surface area (Å²) < 4.78 is 43.2. The summed E-state index contributed by atoms with van der Waals surface area (Å²) in [5, 5.41) is 12.6. The molecule has 0 aliphatic heterocycles. The molecule has 0 radical (unpaired) electrons. The molecular weight excluding hydrogens is 397 g/mol. The highest BCUT2D eigenvalue weighted by molar-refractivity contribution is 7.22. The van der Waals surface area contributed by atoms with E-state index in [1.807, 2.05) is 0 Å². The second-order valence-corrected chi connectivity index (χ2v) is 6.86. The number of ether oxygens (including phenoxy) is 1. The molecule has 0 unspecified atom stereocenters. The van der Waals surface area contributed by atoms with Gasteiger partial charge in [-0.25, -0.2) is 14.8 Å². The minimum Gasteiger partial charge on any atom is -0.478 e. The predicted molar refractivity (Wildman–Crippen MR) is 97.3 cm³/mol. The Bertz CT molecular complexity index is 1220. The number of anilines is 2. The summed E-state index contributed by atoms with van der Waals surface area (Å²) >= 11 is 1.14. The molecule has 0 saturated heterocycles. The van der Waals surface area contributed by atoms with Crippen LogP contribution in [0.2, 0.25) is 0 Å². The van der Waals surface area contributed by atoms with E-state index >= 15 is 0 Å². The number of carboxylic acid groups (broad SMARTS) is 1. The molecule has 7 nitrogen and oxygen atoms in total. The summed E-state index contributed by atoms with van der Waals surface area (Å²) in [6, 6.07) is 8.47. The highest BCUT2D eigenvalue weighted by atomic mass is 32.1. The van der Waals surface area contributed by atoms with Crippen molar-refractivity contribution in [3.8, 4) is 5.75 Å². The minimum absolute atomic E-state index is 0.138. The Morgan fingerprint density at radius 3 is 2.64 bits per heavy atom. The molecule has 0 saturated carbocycles. The average Bonchev–Trinajstić information content (AvgIpc) is 3.14. The number of hydrogen-bond donors (Lipinski definition) is 2. The molecule has 144 valence electrons. The topological polar surface area (TPSA) is 89.3 Å². The first kappa shape index (κ1) is 18.0. The number of nitrogens with one attached hydrogen (secondary N) is 1. The summed E-state index contributed by atoms with van der Waals surface area (Å²) in [6.45, 7) is 0. The summed E-state index contributed by atoms with van der Waals surface area (Å²) in [4.78, 5) is 19.9. The Labute approximate surface area is 159 Å². The van der Waals surface area contributed by atoms with E-state index in [0.29, 0.717) is 32.3 Å². The van der Waals surface area contributed by atoms with Crippen LogP contribution in [-0.4, -0.2) is 32.0 Å². The van der Waals surface area contributed by atoms with Crippen LogP contribution in [0.5, 0.6) is 5.75 Å². The lowest BCUT2D eigenvalue weighted by Gasteiger charge is -2.07. The van der Waals surface area contributed by atoms with E-state index < -0.39 is 12.3 Å². The normalized spacial score (nSPS) is 11.9. The Morgan fingerprint density at radius 2 is 1.93 bits per heavy atom. The van der Waals surface area contributed by atoms with Gasteiger partial charge < -0.3 is 19.7 Å². The van der Waals surface area contributed by atoms with Gasteiger partial charge in [-0.1, -0.05) is 11.3 Å². The number of aromatic carboxylic acids is 1. The number of nitrogens with zero attached hydrogens (tertiary/aromatic N) is 3. The van der Waals surface area contributed by atoms with Gasteiger partial charge in [0.2, 0.25) is 5.95 Å². The number of aryl methyl sites for hydroxylation is 1. The molecule has 4 rings (SSSR count). The SMILES string of the molecule is Cn1c(Nc2nc3ccc(OC(F)(F)F)cc3s2)nc2ccc(C(=O)O)cc21. The fourth-order valence-electron chi connectivity index (χ4n) is 2.69. The number of alkyl halides is 3. The largest absolute Gasteiger partial charge is 0.573 e. The number of fused-ring (bicyclic) bond motifs is 2. The third-order valence-electron chi connectivity index (χ3n) is 3.94. The fraction of sp³-hybridized carbons (Fsp3) is 0.118. The second kappa shape index (κ2) is 6.37. The molecule has 0 aliphatic carbocycles. The highest BCUT2D eigenvalue weighted by Gasteiger charge is 2.31. The zero-order valence-corrected chi connectivity index (χ0v) is 14.9. The smallest absolute Gasteiger partial charge is 0.478 e. The fourth-order valence-corrected chi connectivity index (χ4v) is 3.57. The van der Waals surface area contributed by atoms with E-state index in [2.05, 4.69) is 20.0 Å². The van der Waals surface area contributed by atoms with Crippen LogP contribution in [0.25, 0.3) is 21.3 Å². The third kappa shape index (κ3) is 3.43. The molecule has 2 aromatic carbocycles. The number of carbonyl (C=O) groups is 1. The van der Waals surface area contributed by atoms with Gasteiger partial charge in [-0.3, -0.25) is 0 Å². The quantitative estimate of drug-likeness (QED) is 0.516. The van der Waals surface area contributed by atoms with Crippen molar-refractivity contribution >= 4 is 49.6 Å². The van der Waals surface area contributed by atoms with Crippen LogP contribution < -0.4 is 10.1 Å². The standard InChI is InChI=1S/C17H11F3N4O3S/c1-24-12-6-8(14(25)26)2-4-10(12)21-15(24)23-16-22-11-5-3-9(7-13(11)28-16)27-17(18,19)20/h2-7H,1H3,(H,25,26)(H,21,22,23). The van der Waals surface area contributed by atoms with Crippen molar-refractivity contribution in [1.82, 2.24) is 14.5 Å². The monoisotopic (exact) mass is 408 g/mol. The summed E-state index contributed by atoms with van der Waals surface area (Å²) in [7, 11) is 1.71. The van der Waals surface area contributed by atoms with Gasteiger partial charge in [0.25, 0.3) is 0 Å². The van der Waals surface area contributed by atoms with Crippen molar-refractivity contribution < 1.29 is 27.8 Å². The van der Waals surface area contributed by atoms with Gasteiger partial charge in [-0.05, 0) is 30.3 Å². The number of rotatable bonds is 4. The van der Waals surface area contributed by atoms with Crippen molar-refractivity contribution in [2.75, 3.05) is 5.32 Å². The molecule has 2 N–H and O–H groups in total. The number of carboxylic acids is 1.